The Kier molecular flexibility index (Phi) is 6.01. The number of benzene rings is 2. The molecule has 1 aliphatic rings. The van der Waals surface area contributed by atoms with Crippen LogP contribution in [-0.2, 0) is 14.3 Å². The van der Waals surface area contributed by atoms with Crippen LogP contribution in [0.2, 0.25) is 0 Å². The van der Waals surface area contributed by atoms with E-state index in [-0.39, 0.29) is 30.6 Å². The van der Waals surface area contributed by atoms with Crippen molar-refractivity contribution in [2.24, 2.45) is 0 Å². The number of H-pyrrole nitrogens is 1. The van der Waals surface area contributed by atoms with Crippen molar-refractivity contribution in [3.63, 3.8) is 0 Å². The van der Waals surface area contributed by atoms with Crippen molar-refractivity contribution in [1.82, 2.24) is 9.88 Å². The minimum Gasteiger partial charge on any atom is -0.507 e. The van der Waals surface area contributed by atoms with E-state index in [1.807, 2.05) is 38.1 Å². The lowest BCUT2D eigenvalue weighted by atomic mass is 9.94. The number of aromatic nitrogens is 1. The first-order chi connectivity index (χ1) is 15.4. The maximum absolute atomic E-state index is 13.2. The summed E-state index contributed by atoms with van der Waals surface area (Å²) in [6.07, 6.45) is 1.78. The number of nitrogens with one attached hydrogen (secondary N) is 1. The number of methoxy groups -OCH3 is 1. The van der Waals surface area contributed by atoms with Crippen LogP contribution in [0.3, 0.4) is 0 Å². The standard InChI is InChI=1S/C25H26N2O5/c1-15(2)32-13-12-27-22(18-14-26-19-10-6-4-8-16(18)19)21(24(29)25(27)30)23(28)17-9-5-7-11-20(17)31-3/h4-11,14-15,22,26,28H,12-13H2,1-3H3/b23-21+. The first kappa shape index (κ1) is 21.6. The van der Waals surface area contributed by atoms with Gasteiger partial charge < -0.3 is 24.5 Å². The van der Waals surface area contributed by atoms with E-state index in [0.717, 1.165) is 16.5 Å². The molecule has 0 aliphatic carbocycles. The van der Waals surface area contributed by atoms with Gasteiger partial charge >= 0.3 is 0 Å². The summed E-state index contributed by atoms with van der Waals surface area (Å²) in [6.45, 7) is 4.31. The second-order valence-corrected chi connectivity index (χ2v) is 7.90. The average Bonchev–Trinajstić information content (AvgIpc) is 3.32. The van der Waals surface area contributed by atoms with E-state index in [9.17, 15) is 14.7 Å². The normalized spacial score (nSPS) is 18.1. The molecule has 4 rings (SSSR count). The van der Waals surface area contributed by atoms with E-state index >= 15 is 0 Å². The molecule has 0 bridgehead atoms. The highest BCUT2D eigenvalue weighted by Gasteiger charge is 2.47. The number of aromatic amines is 1. The number of fused-ring (bicyclic) bond motifs is 1. The predicted octanol–water partition coefficient (Wildman–Crippen LogP) is 4.02. The Morgan fingerprint density at radius 1 is 1.12 bits per heavy atom. The number of Topliss-reactive ketones (excluding diaryl/α,β-unsaturated/α-hetero) is 1. The summed E-state index contributed by atoms with van der Waals surface area (Å²) in [7, 11) is 1.49. The number of likely N-dealkylation sites (tertiary alicyclic amines) is 1. The van der Waals surface area contributed by atoms with E-state index in [1.165, 1.54) is 12.0 Å². The molecule has 0 saturated carbocycles. The van der Waals surface area contributed by atoms with E-state index in [4.69, 9.17) is 9.47 Å². The smallest absolute Gasteiger partial charge is 0.295 e. The SMILES string of the molecule is COc1ccccc1/C(O)=C1\C(=O)C(=O)N(CCOC(C)C)C1c1c[nH]c2ccccc12. The number of hydrogen-bond acceptors (Lipinski definition) is 5. The number of rotatable bonds is 7. The van der Waals surface area contributed by atoms with Crippen LogP contribution in [0.4, 0.5) is 0 Å². The molecule has 0 radical (unpaired) electrons. The van der Waals surface area contributed by atoms with Crippen LogP contribution >= 0.6 is 0 Å². The van der Waals surface area contributed by atoms with Crippen molar-refractivity contribution in [2.75, 3.05) is 20.3 Å². The first-order valence-corrected chi connectivity index (χ1v) is 10.5. The molecular weight excluding hydrogens is 408 g/mol. The van der Waals surface area contributed by atoms with E-state index < -0.39 is 17.7 Å². The molecule has 2 heterocycles. The molecule has 7 nitrogen and oxygen atoms in total. The second-order valence-electron chi connectivity index (χ2n) is 7.90. The quantitative estimate of drug-likeness (QED) is 0.333. The van der Waals surface area contributed by atoms with Gasteiger partial charge in [0.15, 0.2) is 0 Å². The molecule has 1 aliphatic heterocycles. The number of aliphatic hydroxyl groups is 1. The lowest BCUT2D eigenvalue weighted by molar-refractivity contribution is -0.140. The fraction of sp³-hybridized carbons (Fsp3) is 0.280. The molecule has 0 spiro atoms. The van der Waals surface area contributed by atoms with Crippen LogP contribution < -0.4 is 4.74 Å². The van der Waals surface area contributed by atoms with Crippen LogP contribution in [0.15, 0.2) is 60.3 Å². The first-order valence-electron chi connectivity index (χ1n) is 10.5. The summed E-state index contributed by atoms with van der Waals surface area (Å²) in [5, 5.41) is 12.1. The molecule has 2 N–H and O–H groups in total. The highest BCUT2D eigenvalue weighted by atomic mass is 16.5. The Labute approximate surface area is 186 Å². The van der Waals surface area contributed by atoms with Crippen LogP contribution in [0.5, 0.6) is 5.75 Å². The topological polar surface area (TPSA) is 91.9 Å². The molecule has 7 heteroatoms. The van der Waals surface area contributed by atoms with E-state index in [2.05, 4.69) is 4.98 Å². The molecule has 1 aromatic heterocycles. The van der Waals surface area contributed by atoms with Crippen LogP contribution in [0.25, 0.3) is 16.7 Å². The molecule has 32 heavy (non-hydrogen) atoms. The maximum atomic E-state index is 13.2. The molecule has 1 amide bonds. The number of hydrogen-bond donors (Lipinski definition) is 2. The highest BCUT2D eigenvalue weighted by Crippen LogP contribution is 2.42. The van der Waals surface area contributed by atoms with Gasteiger partial charge in [-0.05, 0) is 32.0 Å². The van der Waals surface area contributed by atoms with Crippen molar-refractivity contribution in [1.29, 1.82) is 0 Å². The molecule has 1 saturated heterocycles. The number of nitrogens with zero attached hydrogens (tertiary/aromatic N) is 1. The van der Waals surface area contributed by atoms with Gasteiger partial charge in [0, 0.05) is 29.2 Å². The minimum atomic E-state index is -0.758. The van der Waals surface area contributed by atoms with Crippen LogP contribution in [-0.4, -0.2) is 53.0 Å². The molecule has 1 atom stereocenters. The number of ether oxygens (including phenoxy) is 2. The van der Waals surface area contributed by atoms with Gasteiger partial charge in [0.2, 0.25) is 0 Å². The number of aliphatic hydroxyl groups excluding tert-OH is 1. The minimum absolute atomic E-state index is 0.00746. The van der Waals surface area contributed by atoms with Crippen molar-refractivity contribution < 1.29 is 24.2 Å². The number of amides is 1. The number of para-hydroxylation sites is 2. The largest absolute Gasteiger partial charge is 0.507 e. The Bertz CT molecular complexity index is 1190. The second kappa shape index (κ2) is 8.88. The summed E-state index contributed by atoms with van der Waals surface area (Å²) in [5.41, 5.74) is 2.01. The molecule has 1 unspecified atom stereocenters. The fourth-order valence-corrected chi connectivity index (χ4v) is 4.13. The predicted molar refractivity (Wildman–Crippen MR) is 121 cm³/mol. The summed E-state index contributed by atoms with van der Waals surface area (Å²) < 4.78 is 11.0. The average molecular weight is 434 g/mol. The Hall–Kier alpha value is -3.58. The van der Waals surface area contributed by atoms with Gasteiger partial charge in [-0.15, -0.1) is 0 Å². The van der Waals surface area contributed by atoms with E-state index in [1.54, 1.807) is 30.5 Å². The third-order valence-electron chi connectivity index (χ3n) is 5.60. The van der Waals surface area contributed by atoms with Gasteiger partial charge in [0.1, 0.15) is 11.5 Å². The molecule has 1 fully saturated rings. The van der Waals surface area contributed by atoms with Gasteiger partial charge in [0.25, 0.3) is 11.7 Å². The van der Waals surface area contributed by atoms with Crippen LogP contribution in [0, 0.1) is 0 Å². The summed E-state index contributed by atoms with van der Waals surface area (Å²) >= 11 is 0. The van der Waals surface area contributed by atoms with Crippen molar-refractivity contribution in [3.8, 4) is 5.75 Å². The number of ketones is 1. The zero-order valence-corrected chi connectivity index (χ0v) is 18.3. The summed E-state index contributed by atoms with van der Waals surface area (Å²) in [5.74, 6) is -1.24. The van der Waals surface area contributed by atoms with Crippen molar-refractivity contribution in [3.05, 3.63) is 71.4 Å². The van der Waals surface area contributed by atoms with Gasteiger partial charge in [-0.2, -0.15) is 0 Å². The summed E-state index contributed by atoms with van der Waals surface area (Å²) in [6, 6.07) is 13.8. The highest BCUT2D eigenvalue weighted by molar-refractivity contribution is 6.46. The third-order valence-corrected chi connectivity index (χ3v) is 5.60. The van der Waals surface area contributed by atoms with Gasteiger partial charge in [-0.1, -0.05) is 30.3 Å². The Morgan fingerprint density at radius 3 is 2.59 bits per heavy atom. The van der Waals surface area contributed by atoms with Gasteiger partial charge in [-0.3, -0.25) is 9.59 Å². The zero-order valence-electron chi connectivity index (χ0n) is 18.3. The Balaban J connectivity index is 1.89. The molecular formula is C25H26N2O5. The van der Waals surface area contributed by atoms with Gasteiger partial charge in [0.05, 0.1) is 37.0 Å². The molecule has 3 aromatic rings. The maximum Gasteiger partial charge on any atom is 0.295 e. The number of carbonyl (C=O) groups is 2. The zero-order chi connectivity index (χ0) is 22.8. The fourth-order valence-electron chi connectivity index (χ4n) is 4.13. The molecule has 166 valence electrons. The lowest BCUT2D eigenvalue weighted by Crippen LogP contribution is -2.33. The van der Waals surface area contributed by atoms with Crippen LogP contribution in [0.1, 0.15) is 31.0 Å². The van der Waals surface area contributed by atoms with E-state index in [0.29, 0.717) is 11.3 Å². The summed E-state index contributed by atoms with van der Waals surface area (Å²) in [4.78, 5) is 30.9. The monoisotopic (exact) mass is 434 g/mol. The number of carbonyl (C=O) groups excluding carboxylic acids is 2. The van der Waals surface area contributed by atoms with Crippen molar-refractivity contribution >= 4 is 28.4 Å². The third kappa shape index (κ3) is 3.76. The molecule has 2 aromatic carbocycles. The lowest BCUT2D eigenvalue weighted by Gasteiger charge is -2.25. The van der Waals surface area contributed by atoms with Crippen molar-refractivity contribution in [2.45, 2.75) is 26.0 Å². The Morgan fingerprint density at radius 2 is 1.84 bits per heavy atom. The van der Waals surface area contributed by atoms with Gasteiger partial charge in [-0.25, -0.2) is 0 Å².